The van der Waals surface area contributed by atoms with Gasteiger partial charge in [0.1, 0.15) is 0 Å². The van der Waals surface area contributed by atoms with Crippen molar-refractivity contribution in [2.24, 2.45) is 34.4 Å². The lowest BCUT2D eigenvalue weighted by molar-refractivity contribution is -0.136. The van der Waals surface area contributed by atoms with Crippen LogP contribution in [0.3, 0.4) is 0 Å². The summed E-state index contributed by atoms with van der Waals surface area (Å²) in [4.78, 5) is 47.5. The van der Waals surface area contributed by atoms with E-state index in [1.807, 2.05) is 73.3 Å². The minimum Gasteiger partial charge on any atom is -0.369 e. The fraction of sp³-hybridized carbons (Fsp3) is 0.529. The third-order valence-electron chi connectivity index (χ3n) is 8.55. The fourth-order valence-corrected chi connectivity index (χ4v) is 6.36. The van der Waals surface area contributed by atoms with Crippen molar-refractivity contribution in [2.75, 3.05) is 11.4 Å². The number of amides is 3. The number of benzene rings is 2. The molecule has 2 aliphatic rings. The number of aliphatic imine (C=N–C) groups is 1. The van der Waals surface area contributed by atoms with Crippen LogP contribution in [0.25, 0.3) is 0 Å². The SMILES string of the molecule is CCCC[C@H](C(N)=O)[C@@H](CC(C)C)C(=O)NC1N=C(c2ccccc2)c2ccccc2N(CCC2CCCC2)C1=O. The van der Waals surface area contributed by atoms with Crippen molar-refractivity contribution in [3.8, 4) is 0 Å². The highest BCUT2D eigenvalue weighted by Gasteiger charge is 2.38. The smallest absolute Gasteiger partial charge is 0.272 e. The molecule has 1 heterocycles. The van der Waals surface area contributed by atoms with Gasteiger partial charge in [0.2, 0.25) is 18.0 Å². The summed E-state index contributed by atoms with van der Waals surface area (Å²) in [6.45, 7) is 6.68. The van der Waals surface area contributed by atoms with E-state index in [0.29, 0.717) is 31.0 Å². The highest BCUT2D eigenvalue weighted by Crippen LogP contribution is 2.32. The minimum absolute atomic E-state index is 0.176. The molecule has 220 valence electrons. The number of hydrogen-bond acceptors (Lipinski definition) is 4. The van der Waals surface area contributed by atoms with Gasteiger partial charge in [0.05, 0.1) is 11.4 Å². The highest BCUT2D eigenvalue weighted by atomic mass is 16.2. The number of carbonyl (C=O) groups excluding carboxylic acids is 3. The molecule has 1 aliphatic heterocycles. The second-order valence-corrected chi connectivity index (χ2v) is 12.1. The van der Waals surface area contributed by atoms with Crippen molar-refractivity contribution >= 4 is 29.1 Å². The van der Waals surface area contributed by atoms with Gasteiger partial charge in [0.25, 0.3) is 5.91 Å². The Labute approximate surface area is 245 Å². The molecule has 1 saturated carbocycles. The van der Waals surface area contributed by atoms with Gasteiger partial charge in [0.15, 0.2) is 0 Å². The molecule has 0 aromatic heterocycles. The number of anilines is 1. The summed E-state index contributed by atoms with van der Waals surface area (Å²) in [6.07, 6.45) is 7.44. The lowest BCUT2D eigenvalue weighted by Crippen LogP contribution is -2.51. The Kier molecular flexibility index (Phi) is 10.7. The Morgan fingerprint density at radius 2 is 1.71 bits per heavy atom. The number of hydrogen-bond donors (Lipinski definition) is 2. The van der Waals surface area contributed by atoms with E-state index in [-0.39, 0.29) is 17.7 Å². The molecule has 1 unspecified atom stereocenters. The first kappa shape index (κ1) is 30.5. The molecule has 7 nitrogen and oxygen atoms in total. The van der Waals surface area contributed by atoms with Gasteiger partial charge in [-0.1, -0.05) is 108 Å². The lowest BCUT2D eigenvalue weighted by Gasteiger charge is -2.29. The van der Waals surface area contributed by atoms with E-state index in [9.17, 15) is 14.4 Å². The van der Waals surface area contributed by atoms with Crippen LogP contribution < -0.4 is 16.0 Å². The number of rotatable bonds is 13. The predicted octanol–water partition coefficient (Wildman–Crippen LogP) is 5.85. The van der Waals surface area contributed by atoms with Crippen LogP contribution in [0.4, 0.5) is 5.69 Å². The molecule has 1 fully saturated rings. The van der Waals surface area contributed by atoms with Crippen LogP contribution >= 0.6 is 0 Å². The van der Waals surface area contributed by atoms with Crippen molar-refractivity contribution in [1.82, 2.24) is 5.32 Å². The molecule has 0 radical (unpaired) electrons. The van der Waals surface area contributed by atoms with Crippen LogP contribution in [0.1, 0.15) is 89.7 Å². The maximum absolute atomic E-state index is 14.3. The number of nitrogens with one attached hydrogen (secondary N) is 1. The predicted molar refractivity (Wildman–Crippen MR) is 165 cm³/mol. The number of carbonyl (C=O) groups is 3. The molecule has 0 spiro atoms. The monoisotopic (exact) mass is 558 g/mol. The van der Waals surface area contributed by atoms with E-state index in [1.165, 1.54) is 25.7 Å². The summed E-state index contributed by atoms with van der Waals surface area (Å²) in [5.41, 5.74) is 9.06. The normalized spacial score (nSPS) is 18.9. The molecule has 3 amide bonds. The first-order valence-corrected chi connectivity index (χ1v) is 15.4. The molecule has 2 aromatic rings. The third-order valence-corrected chi connectivity index (χ3v) is 8.55. The highest BCUT2D eigenvalue weighted by molar-refractivity contribution is 6.20. The maximum atomic E-state index is 14.3. The number of primary amides is 1. The fourth-order valence-electron chi connectivity index (χ4n) is 6.36. The minimum atomic E-state index is -1.11. The zero-order valence-electron chi connectivity index (χ0n) is 24.9. The zero-order chi connectivity index (χ0) is 29.4. The number of nitrogens with two attached hydrogens (primary N) is 1. The van der Waals surface area contributed by atoms with Crippen LogP contribution in [0.15, 0.2) is 59.6 Å². The van der Waals surface area contributed by atoms with Gasteiger partial charge in [-0.25, -0.2) is 4.99 Å². The van der Waals surface area contributed by atoms with Crippen LogP contribution in [0.2, 0.25) is 0 Å². The van der Waals surface area contributed by atoms with Crippen molar-refractivity contribution < 1.29 is 14.4 Å². The van der Waals surface area contributed by atoms with Gasteiger partial charge in [-0.05, 0) is 37.2 Å². The lowest BCUT2D eigenvalue weighted by atomic mass is 9.81. The molecule has 3 atom stereocenters. The Morgan fingerprint density at radius 3 is 2.37 bits per heavy atom. The molecular weight excluding hydrogens is 512 g/mol. The molecule has 1 aliphatic carbocycles. The van der Waals surface area contributed by atoms with Crippen LogP contribution in [-0.2, 0) is 14.4 Å². The van der Waals surface area contributed by atoms with Gasteiger partial charge in [0, 0.05) is 29.5 Å². The molecular formula is C34H46N4O3. The van der Waals surface area contributed by atoms with Gasteiger partial charge in [-0.3, -0.25) is 14.4 Å². The van der Waals surface area contributed by atoms with Gasteiger partial charge < -0.3 is 16.0 Å². The Bertz CT molecular complexity index is 1220. The van der Waals surface area contributed by atoms with Crippen molar-refractivity contribution in [1.29, 1.82) is 0 Å². The summed E-state index contributed by atoms with van der Waals surface area (Å²) in [7, 11) is 0. The summed E-state index contributed by atoms with van der Waals surface area (Å²) in [5.74, 6) is -1.49. The molecule has 0 saturated heterocycles. The molecule has 7 heteroatoms. The average molecular weight is 559 g/mol. The molecule has 4 rings (SSSR count). The van der Waals surface area contributed by atoms with Gasteiger partial charge >= 0.3 is 0 Å². The van der Waals surface area contributed by atoms with E-state index >= 15 is 0 Å². The van der Waals surface area contributed by atoms with E-state index in [1.54, 1.807) is 0 Å². The van der Waals surface area contributed by atoms with Gasteiger partial charge in [-0.15, -0.1) is 0 Å². The molecule has 41 heavy (non-hydrogen) atoms. The first-order chi connectivity index (χ1) is 19.8. The zero-order valence-corrected chi connectivity index (χ0v) is 24.9. The largest absolute Gasteiger partial charge is 0.369 e. The van der Waals surface area contributed by atoms with Crippen molar-refractivity contribution in [2.45, 2.75) is 84.7 Å². The third kappa shape index (κ3) is 7.63. The van der Waals surface area contributed by atoms with Crippen molar-refractivity contribution in [3.05, 3.63) is 65.7 Å². The number of benzodiazepines with no additional fused rings is 1. The Morgan fingerprint density at radius 1 is 1.02 bits per heavy atom. The summed E-state index contributed by atoms with van der Waals surface area (Å²) in [6, 6.07) is 17.7. The Hall–Kier alpha value is -3.48. The van der Waals surface area contributed by atoms with E-state index in [0.717, 1.165) is 36.1 Å². The van der Waals surface area contributed by atoms with Crippen LogP contribution in [-0.4, -0.2) is 36.1 Å². The first-order valence-electron chi connectivity index (χ1n) is 15.4. The van der Waals surface area contributed by atoms with Gasteiger partial charge in [-0.2, -0.15) is 0 Å². The van der Waals surface area contributed by atoms with E-state index in [2.05, 4.69) is 12.2 Å². The van der Waals surface area contributed by atoms with Crippen LogP contribution in [0, 0.1) is 23.7 Å². The second kappa shape index (κ2) is 14.4. The summed E-state index contributed by atoms with van der Waals surface area (Å²) < 4.78 is 0. The van der Waals surface area contributed by atoms with E-state index in [4.69, 9.17) is 10.7 Å². The topological polar surface area (TPSA) is 105 Å². The van der Waals surface area contributed by atoms with E-state index < -0.39 is 23.9 Å². The second-order valence-electron chi connectivity index (χ2n) is 12.1. The molecule has 2 aromatic carbocycles. The number of para-hydroxylation sites is 1. The average Bonchev–Trinajstić information content (AvgIpc) is 3.45. The van der Waals surface area contributed by atoms with Crippen molar-refractivity contribution in [3.63, 3.8) is 0 Å². The number of unbranched alkanes of at least 4 members (excludes halogenated alkanes) is 1. The molecule has 0 bridgehead atoms. The van der Waals surface area contributed by atoms with Crippen LogP contribution in [0.5, 0.6) is 0 Å². The summed E-state index contributed by atoms with van der Waals surface area (Å²) >= 11 is 0. The maximum Gasteiger partial charge on any atom is 0.272 e. The summed E-state index contributed by atoms with van der Waals surface area (Å²) in [5, 5.41) is 2.99. The standard InChI is InChI=1S/C34H46N4O3/c1-4-5-17-26(31(35)39)28(22-23(2)3)33(40)37-32-34(41)38(21-20-24-13-9-10-14-24)29-19-12-11-18-27(29)30(36-32)25-15-7-6-8-16-25/h6-8,11-12,15-16,18-19,23-24,26,28,32H,4-5,9-10,13-14,17,20-22H2,1-3H3,(H2,35,39)(H,37,40)/t26-,28+,32?/m0/s1. The Balaban J connectivity index is 1.72. The number of fused-ring (bicyclic) bond motifs is 1. The molecule has 3 N–H and O–H groups in total. The number of nitrogens with zero attached hydrogens (tertiary/aromatic N) is 2. The quantitative estimate of drug-likeness (QED) is 0.322.